The molecule has 120 valence electrons. The quantitative estimate of drug-likeness (QED) is 0.734. The minimum atomic E-state index is -1.04. The molecule has 2 fully saturated rings. The number of rotatable bonds is 5. The van der Waals surface area contributed by atoms with Gasteiger partial charge in [0.25, 0.3) is 0 Å². The van der Waals surface area contributed by atoms with E-state index in [1.165, 1.54) is 24.2 Å². The summed E-state index contributed by atoms with van der Waals surface area (Å²) in [5.41, 5.74) is 0. The van der Waals surface area contributed by atoms with Crippen molar-refractivity contribution in [3.63, 3.8) is 0 Å². The number of hydrogen-bond acceptors (Lipinski definition) is 4. The first-order valence-corrected chi connectivity index (χ1v) is 7.65. The number of nitrogens with one attached hydrogen (secondary N) is 1. The minimum absolute atomic E-state index is 0.0430. The highest BCUT2D eigenvalue weighted by atomic mass is 16.5. The van der Waals surface area contributed by atoms with E-state index in [0.29, 0.717) is 32.4 Å². The van der Waals surface area contributed by atoms with E-state index in [-0.39, 0.29) is 12.6 Å². The van der Waals surface area contributed by atoms with E-state index in [1.54, 1.807) is 0 Å². The fourth-order valence-corrected chi connectivity index (χ4v) is 2.77. The van der Waals surface area contributed by atoms with Crippen LogP contribution >= 0.6 is 0 Å². The van der Waals surface area contributed by atoms with Crippen LogP contribution in [0.1, 0.15) is 32.1 Å². The first-order valence-electron chi connectivity index (χ1n) is 7.65. The zero-order chi connectivity index (χ0) is 15.1. The van der Waals surface area contributed by atoms with Crippen LogP contribution in [0.2, 0.25) is 0 Å². The summed E-state index contributed by atoms with van der Waals surface area (Å²) in [6.07, 6.45) is 6.21. The van der Waals surface area contributed by atoms with Crippen molar-refractivity contribution < 1.29 is 24.2 Å². The van der Waals surface area contributed by atoms with Crippen LogP contribution in [-0.4, -0.2) is 67.1 Å². The molecule has 2 rings (SSSR count). The third kappa shape index (κ3) is 4.86. The van der Waals surface area contributed by atoms with Crippen LogP contribution in [0.25, 0.3) is 0 Å². The molecule has 0 bridgehead atoms. The summed E-state index contributed by atoms with van der Waals surface area (Å²) in [4.78, 5) is 24.4. The normalized spacial score (nSPS) is 23.8. The van der Waals surface area contributed by atoms with Crippen molar-refractivity contribution in [2.75, 3.05) is 32.9 Å². The Hall–Kier alpha value is -1.34. The number of carboxylic acids is 1. The maximum atomic E-state index is 12.0. The number of nitrogens with zero attached hydrogens (tertiary/aromatic N) is 1. The van der Waals surface area contributed by atoms with Crippen molar-refractivity contribution in [3.8, 4) is 0 Å². The Labute approximate surface area is 124 Å². The lowest BCUT2D eigenvalue weighted by atomic mass is 9.98. The molecule has 1 saturated carbocycles. The number of amides is 2. The molecule has 0 aromatic carbocycles. The van der Waals surface area contributed by atoms with Gasteiger partial charge in [0.15, 0.2) is 6.04 Å². The number of ether oxygens (including phenoxy) is 2. The van der Waals surface area contributed by atoms with Gasteiger partial charge in [-0.05, 0) is 12.8 Å². The van der Waals surface area contributed by atoms with Gasteiger partial charge in [-0.2, -0.15) is 0 Å². The lowest BCUT2D eigenvalue weighted by Crippen LogP contribution is -2.56. The fraction of sp³-hybridized carbons (Fsp3) is 0.857. The Morgan fingerprint density at radius 2 is 2.05 bits per heavy atom. The number of carbonyl (C=O) groups is 2. The highest BCUT2D eigenvalue weighted by molar-refractivity contribution is 5.82. The smallest absolute Gasteiger partial charge is 0.328 e. The minimum Gasteiger partial charge on any atom is -0.480 e. The van der Waals surface area contributed by atoms with Crippen LogP contribution in [0.3, 0.4) is 0 Å². The Balaban J connectivity index is 1.67. The molecule has 1 saturated heterocycles. The molecule has 21 heavy (non-hydrogen) atoms. The number of urea groups is 1. The van der Waals surface area contributed by atoms with Gasteiger partial charge < -0.3 is 24.8 Å². The first kappa shape index (κ1) is 16.0. The summed E-state index contributed by atoms with van der Waals surface area (Å²) in [5.74, 6) is -1.04. The van der Waals surface area contributed by atoms with Gasteiger partial charge in [0.2, 0.25) is 0 Å². The molecule has 0 radical (unpaired) electrons. The maximum absolute atomic E-state index is 12.0. The Morgan fingerprint density at radius 3 is 2.76 bits per heavy atom. The molecule has 2 aliphatic rings. The molecule has 1 aliphatic carbocycles. The number of carboxylic acid groups (broad SMARTS) is 1. The van der Waals surface area contributed by atoms with Gasteiger partial charge in [-0.1, -0.05) is 19.3 Å². The Bertz CT molecular complexity index is 357. The van der Waals surface area contributed by atoms with Crippen LogP contribution in [0.5, 0.6) is 0 Å². The second kappa shape index (κ2) is 8.19. The molecule has 7 nitrogen and oxygen atoms in total. The third-order valence-corrected chi connectivity index (χ3v) is 3.96. The average molecular weight is 300 g/mol. The molecule has 7 heteroatoms. The molecule has 1 atom stereocenters. The van der Waals surface area contributed by atoms with Gasteiger partial charge >= 0.3 is 12.0 Å². The topological polar surface area (TPSA) is 88.1 Å². The predicted octanol–water partition coefficient (Wildman–Crippen LogP) is 0.831. The van der Waals surface area contributed by atoms with Crippen LogP contribution < -0.4 is 5.32 Å². The molecule has 1 heterocycles. The predicted molar refractivity (Wildman–Crippen MR) is 75.2 cm³/mol. The lowest BCUT2D eigenvalue weighted by molar-refractivity contribution is -0.147. The van der Waals surface area contributed by atoms with Gasteiger partial charge in [0.1, 0.15) is 0 Å². The van der Waals surface area contributed by atoms with Crippen LogP contribution in [0, 0.1) is 0 Å². The van der Waals surface area contributed by atoms with Crippen molar-refractivity contribution in [2.24, 2.45) is 0 Å². The highest BCUT2D eigenvalue weighted by Crippen LogP contribution is 2.19. The van der Waals surface area contributed by atoms with Gasteiger partial charge in [-0.15, -0.1) is 0 Å². The first-order chi connectivity index (χ1) is 10.2. The van der Waals surface area contributed by atoms with Crippen LogP contribution in [0.15, 0.2) is 0 Å². The summed E-state index contributed by atoms with van der Waals surface area (Å²) >= 11 is 0. The molecular weight excluding hydrogens is 276 g/mol. The number of aliphatic carboxylic acids is 1. The molecule has 1 aliphatic heterocycles. The molecule has 2 amide bonds. The summed E-state index contributed by atoms with van der Waals surface area (Å²) < 4.78 is 10.8. The fourth-order valence-electron chi connectivity index (χ4n) is 2.77. The third-order valence-electron chi connectivity index (χ3n) is 3.96. The van der Waals surface area contributed by atoms with Crippen molar-refractivity contribution in [2.45, 2.75) is 44.2 Å². The van der Waals surface area contributed by atoms with Crippen LogP contribution in [0.4, 0.5) is 4.79 Å². The lowest BCUT2D eigenvalue weighted by Gasteiger charge is -2.32. The molecule has 2 N–H and O–H groups in total. The van der Waals surface area contributed by atoms with Gasteiger partial charge in [-0.3, -0.25) is 0 Å². The van der Waals surface area contributed by atoms with E-state index >= 15 is 0 Å². The van der Waals surface area contributed by atoms with E-state index in [2.05, 4.69) is 5.32 Å². The zero-order valence-corrected chi connectivity index (χ0v) is 12.3. The SMILES string of the molecule is O=C(O)C1COCCN1C(=O)NCCOC1CCCCC1. The molecule has 0 aromatic rings. The Morgan fingerprint density at radius 1 is 1.29 bits per heavy atom. The zero-order valence-electron chi connectivity index (χ0n) is 12.3. The van der Waals surface area contributed by atoms with E-state index in [1.807, 2.05) is 0 Å². The van der Waals surface area contributed by atoms with Gasteiger partial charge in [0, 0.05) is 13.1 Å². The number of hydrogen-bond donors (Lipinski definition) is 2. The largest absolute Gasteiger partial charge is 0.480 e. The van der Waals surface area contributed by atoms with Gasteiger partial charge in [0.05, 0.1) is 25.9 Å². The Kier molecular flexibility index (Phi) is 6.25. The van der Waals surface area contributed by atoms with Crippen molar-refractivity contribution >= 4 is 12.0 Å². The molecule has 0 aromatic heterocycles. The van der Waals surface area contributed by atoms with E-state index in [9.17, 15) is 9.59 Å². The van der Waals surface area contributed by atoms with E-state index in [0.717, 1.165) is 12.8 Å². The summed E-state index contributed by atoms with van der Waals surface area (Å²) in [7, 11) is 0. The number of carbonyl (C=O) groups excluding carboxylic acids is 1. The summed E-state index contributed by atoms with van der Waals surface area (Å²) in [6, 6.07) is -1.27. The average Bonchev–Trinajstić information content (AvgIpc) is 2.52. The second-order valence-corrected chi connectivity index (χ2v) is 5.49. The summed E-state index contributed by atoms with van der Waals surface area (Å²) in [5, 5.41) is 11.8. The molecular formula is C14H24N2O5. The highest BCUT2D eigenvalue weighted by Gasteiger charge is 2.32. The standard InChI is InChI=1S/C14H24N2O5/c17-13(18)12-10-20-9-7-16(12)14(19)15-6-8-21-11-4-2-1-3-5-11/h11-12H,1-10H2,(H,15,19)(H,17,18). The van der Waals surface area contributed by atoms with E-state index < -0.39 is 12.0 Å². The van der Waals surface area contributed by atoms with Gasteiger partial charge in [-0.25, -0.2) is 9.59 Å². The van der Waals surface area contributed by atoms with Crippen LogP contribution in [-0.2, 0) is 14.3 Å². The second-order valence-electron chi connectivity index (χ2n) is 5.49. The van der Waals surface area contributed by atoms with Crippen molar-refractivity contribution in [1.82, 2.24) is 10.2 Å². The number of morpholine rings is 1. The van der Waals surface area contributed by atoms with Crippen molar-refractivity contribution in [3.05, 3.63) is 0 Å². The monoisotopic (exact) mass is 300 g/mol. The molecule has 0 spiro atoms. The maximum Gasteiger partial charge on any atom is 0.328 e. The molecule has 1 unspecified atom stereocenters. The summed E-state index contributed by atoms with van der Waals surface area (Å²) in [6.45, 7) is 1.58. The van der Waals surface area contributed by atoms with Crippen molar-refractivity contribution in [1.29, 1.82) is 0 Å². The van der Waals surface area contributed by atoms with E-state index in [4.69, 9.17) is 14.6 Å².